The minimum absolute atomic E-state index is 0.0564. The first kappa shape index (κ1) is 15.4. The lowest BCUT2D eigenvalue weighted by atomic mass is 9.89. The number of aromatic nitrogens is 1. The van der Waals surface area contributed by atoms with Gasteiger partial charge in [0.05, 0.1) is 14.2 Å². The highest BCUT2D eigenvalue weighted by molar-refractivity contribution is 5.69. The molecule has 1 aromatic heterocycles. The molecular formula is C18H23NO2. The molecule has 3 nitrogen and oxygen atoms in total. The molecule has 0 unspecified atom stereocenters. The number of hydrogen-bond acceptors (Lipinski definition) is 3. The topological polar surface area (TPSA) is 31.4 Å². The minimum atomic E-state index is 0.0564. The third-order valence-corrected chi connectivity index (χ3v) is 3.57. The summed E-state index contributed by atoms with van der Waals surface area (Å²) < 4.78 is 10.7. The van der Waals surface area contributed by atoms with Crippen LogP contribution < -0.4 is 9.47 Å². The second kappa shape index (κ2) is 5.76. The highest BCUT2D eigenvalue weighted by Gasteiger charge is 2.17. The van der Waals surface area contributed by atoms with Crippen LogP contribution in [0.3, 0.4) is 0 Å². The molecule has 1 aromatic carbocycles. The van der Waals surface area contributed by atoms with Crippen molar-refractivity contribution in [2.24, 2.45) is 0 Å². The molecule has 112 valence electrons. The molecule has 1 heterocycles. The molecule has 0 saturated heterocycles. The van der Waals surface area contributed by atoms with Gasteiger partial charge in [-0.05, 0) is 36.2 Å². The number of aryl methyl sites for hydroxylation is 1. The maximum Gasteiger partial charge on any atom is 0.161 e. The largest absolute Gasteiger partial charge is 0.493 e. The standard InChI is InChI=1S/C18H23NO2/c1-12-9-17(18(2,3)4)19-11-14(12)13-7-8-15(20-5)16(10-13)21-6/h7-11H,1-6H3. The summed E-state index contributed by atoms with van der Waals surface area (Å²) in [5, 5.41) is 0. The third kappa shape index (κ3) is 3.18. The number of nitrogens with zero attached hydrogens (tertiary/aromatic N) is 1. The molecule has 0 saturated carbocycles. The van der Waals surface area contributed by atoms with Crippen LogP contribution in [0.25, 0.3) is 11.1 Å². The van der Waals surface area contributed by atoms with Gasteiger partial charge in [-0.15, -0.1) is 0 Å². The van der Waals surface area contributed by atoms with Crippen molar-refractivity contribution in [2.75, 3.05) is 14.2 Å². The van der Waals surface area contributed by atoms with Crippen LogP contribution in [0.15, 0.2) is 30.5 Å². The fourth-order valence-corrected chi connectivity index (χ4v) is 2.27. The predicted octanol–water partition coefficient (Wildman–Crippen LogP) is 4.37. The molecule has 0 fully saturated rings. The molecule has 2 aromatic rings. The summed E-state index contributed by atoms with van der Waals surface area (Å²) in [7, 11) is 3.29. The van der Waals surface area contributed by atoms with Crippen molar-refractivity contribution in [1.29, 1.82) is 0 Å². The summed E-state index contributed by atoms with van der Waals surface area (Å²) >= 11 is 0. The molecule has 0 aliphatic carbocycles. The van der Waals surface area contributed by atoms with Gasteiger partial charge in [0.1, 0.15) is 0 Å². The van der Waals surface area contributed by atoms with E-state index >= 15 is 0 Å². The van der Waals surface area contributed by atoms with Gasteiger partial charge in [-0.3, -0.25) is 4.98 Å². The summed E-state index contributed by atoms with van der Waals surface area (Å²) in [4.78, 5) is 4.61. The van der Waals surface area contributed by atoms with E-state index in [1.54, 1.807) is 14.2 Å². The SMILES string of the molecule is COc1ccc(-c2cnc(C(C)(C)C)cc2C)cc1OC. The predicted molar refractivity (Wildman–Crippen MR) is 86.2 cm³/mol. The van der Waals surface area contributed by atoms with Gasteiger partial charge in [-0.25, -0.2) is 0 Å². The van der Waals surface area contributed by atoms with Gasteiger partial charge in [0, 0.05) is 22.9 Å². The number of ether oxygens (including phenoxy) is 2. The van der Waals surface area contributed by atoms with Gasteiger partial charge in [-0.2, -0.15) is 0 Å². The zero-order valence-electron chi connectivity index (χ0n) is 13.7. The van der Waals surface area contributed by atoms with Crippen LogP contribution in [0, 0.1) is 6.92 Å². The normalized spacial score (nSPS) is 11.3. The molecule has 0 aliphatic rings. The Hall–Kier alpha value is -2.03. The van der Waals surface area contributed by atoms with Crippen molar-refractivity contribution in [3.63, 3.8) is 0 Å². The van der Waals surface area contributed by atoms with Crippen LogP contribution in [0.4, 0.5) is 0 Å². The minimum Gasteiger partial charge on any atom is -0.493 e. The zero-order valence-corrected chi connectivity index (χ0v) is 13.7. The molecular weight excluding hydrogens is 262 g/mol. The Morgan fingerprint density at radius 2 is 1.62 bits per heavy atom. The van der Waals surface area contributed by atoms with E-state index in [1.165, 1.54) is 5.56 Å². The van der Waals surface area contributed by atoms with Crippen LogP contribution in [-0.4, -0.2) is 19.2 Å². The Labute approximate surface area is 126 Å². The van der Waals surface area contributed by atoms with Crippen LogP contribution in [-0.2, 0) is 5.41 Å². The van der Waals surface area contributed by atoms with Crippen molar-refractivity contribution in [3.05, 3.63) is 41.7 Å². The van der Waals surface area contributed by atoms with Crippen molar-refractivity contribution >= 4 is 0 Å². The first-order valence-electron chi connectivity index (χ1n) is 7.06. The fraction of sp³-hybridized carbons (Fsp3) is 0.389. The average Bonchev–Trinajstić information content (AvgIpc) is 2.45. The number of methoxy groups -OCH3 is 2. The van der Waals surface area contributed by atoms with Crippen molar-refractivity contribution < 1.29 is 9.47 Å². The second-order valence-electron chi connectivity index (χ2n) is 6.20. The Balaban J connectivity index is 2.48. The average molecular weight is 285 g/mol. The van der Waals surface area contributed by atoms with Gasteiger partial charge >= 0.3 is 0 Å². The molecule has 0 radical (unpaired) electrons. The Morgan fingerprint density at radius 1 is 0.952 bits per heavy atom. The van der Waals surface area contributed by atoms with Gasteiger partial charge in [0.25, 0.3) is 0 Å². The summed E-state index contributed by atoms with van der Waals surface area (Å²) in [5.74, 6) is 1.47. The molecule has 0 bridgehead atoms. The quantitative estimate of drug-likeness (QED) is 0.839. The van der Waals surface area contributed by atoms with Gasteiger partial charge in [-0.1, -0.05) is 26.8 Å². The van der Waals surface area contributed by atoms with E-state index in [2.05, 4.69) is 38.7 Å². The first-order valence-corrected chi connectivity index (χ1v) is 7.06. The van der Waals surface area contributed by atoms with Gasteiger partial charge in [0.15, 0.2) is 11.5 Å². The highest BCUT2D eigenvalue weighted by atomic mass is 16.5. The summed E-state index contributed by atoms with van der Waals surface area (Å²) in [6.07, 6.45) is 1.94. The number of pyridine rings is 1. The van der Waals surface area contributed by atoms with Crippen LogP contribution in [0.2, 0.25) is 0 Å². The van der Waals surface area contributed by atoms with E-state index in [0.717, 1.165) is 28.3 Å². The van der Waals surface area contributed by atoms with E-state index in [-0.39, 0.29) is 5.41 Å². The lowest BCUT2D eigenvalue weighted by Gasteiger charge is -2.19. The van der Waals surface area contributed by atoms with Gasteiger partial charge in [0.2, 0.25) is 0 Å². The molecule has 0 aliphatic heterocycles. The van der Waals surface area contributed by atoms with E-state index in [4.69, 9.17) is 9.47 Å². The van der Waals surface area contributed by atoms with Crippen molar-refractivity contribution in [2.45, 2.75) is 33.1 Å². The lowest BCUT2D eigenvalue weighted by Crippen LogP contribution is -2.13. The van der Waals surface area contributed by atoms with E-state index in [0.29, 0.717) is 0 Å². The second-order valence-corrected chi connectivity index (χ2v) is 6.20. The lowest BCUT2D eigenvalue weighted by molar-refractivity contribution is 0.355. The molecule has 3 heteroatoms. The van der Waals surface area contributed by atoms with E-state index in [1.807, 2.05) is 24.4 Å². The fourth-order valence-electron chi connectivity index (χ4n) is 2.27. The summed E-state index contributed by atoms with van der Waals surface area (Å²) in [6.45, 7) is 8.63. The smallest absolute Gasteiger partial charge is 0.161 e. The van der Waals surface area contributed by atoms with Crippen LogP contribution in [0.5, 0.6) is 11.5 Å². The number of benzene rings is 1. The van der Waals surface area contributed by atoms with Gasteiger partial charge < -0.3 is 9.47 Å². The molecule has 0 N–H and O–H groups in total. The monoisotopic (exact) mass is 285 g/mol. The maximum absolute atomic E-state index is 5.37. The van der Waals surface area contributed by atoms with Crippen LogP contribution in [0.1, 0.15) is 32.0 Å². The first-order chi connectivity index (χ1) is 9.86. The van der Waals surface area contributed by atoms with Crippen molar-refractivity contribution in [3.8, 4) is 22.6 Å². The molecule has 0 atom stereocenters. The van der Waals surface area contributed by atoms with Crippen molar-refractivity contribution in [1.82, 2.24) is 4.98 Å². The molecule has 0 amide bonds. The third-order valence-electron chi connectivity index (χ3n) is 3.57. The molecule has 2 rings (SSSR count). The number of hydrogen-bond donors (Lipinski definition) is 0. The number of rotatable bonds is 3. The summed E-state index contributed by atoms with van der Waals surface area (Å²) in [5.41, 5.74) is 4.56. The Morgan fingerprint density at radius 3 is 2.14 bits per heavy atom. The zero-order chi connectivity index (χ0) is 15.6. The Kier molecular flexibility index (Phi) is 4.21. The van der Waals surface area contributed by atoms with Crippen LogP contribution >= 0.6 is 0 Å². The molecule has 21 heavy (non-hydrogen) atoms. The maximum atomic E-state index is 5.37. The summed E-state index contributed by atoms with van der Waals surface area (Å²) in [6, 6.07) is 8.10. The Bertz CT molecular complexity index is 642. The van der Waals surface area contributed by atoms with E-state index < -0.39 is 0 Å². The van der Waals surface area contributed by atoms with E-state index in [9.17, 15) is 0 Å². The molecule has 0 spiro atoms. The highest BCUT2D eigenvalue weighted by Crippen LogP contribution is 2.34.